The highest BCUT2D eigenvalue weighted by atomic mass is 19.1. The van der Waals surface area contributed by atoms with Crippen LogP contribution >= 0.6 is 0 Å². The van der Waals surface area contributed by atoms with Crippen molar-refractivity contribution >= 4 is 11.0 Å². The lowest BCUT2D eigenvalue weighted by Gasteiger charge is -2.36. The third-order valence-electron chi connectivity index (χ3n) is 6.15. The van der Waals surface area contributed by atoms with Crippen LogP contribution in [0.4, 0.5) is 4.39 Å². The molecule has 0 saturated carbocycles. The van der Waals surface area contributed by atoms with E-state index in [1.165, 1.54) is 22.9 Å². The van der Waals surface area contributed by atoms with Crippen LogP contribution in [-0.4, -0.2) is 69.5 Å². The van der Waals surface area contributed by atoms with E-state index in [1.807, 2.05) is 6.07 Å². The normalized spacial score (nSPS) is 20.8. The zero-order valence-electron chi connectivity index (χ0n) is 18.1. The molecule has 0 radical (unpaired) electrons. The molecule has 2 atom stereocenters. The minimum absolute atomic E-state index is 0.0603. The molecule has 9 nitrogen and oxygen atoms in total. The van der Waals surface area contributed by atoms with Crippen LogP contribution in [0.5, 0.6) is 11.5 Å². The van der Waals surface area contributed by atoms with E-state index < -0.39 is 11.9 Å². The van der Waals surface area contributed by atoms with E-state index in [0.29, 0.717) is 61.9 Å². The van der Waals surface area contributed by atoms with Crippen molar-refractivity contribution in [2.75, 3.05) is 32.8 Å². The van der Waals surface area contributed by atoms with Gasteiger partial charge in [0.05, 0.1) is 35.2 Å². The number of nitrogens with zero attached hydrogens (tertiary/aromatic N) is 4. The lowest BCUT2D eigenvalue weighted by atomic mass is 10.0. The predicted octanol–water partition coefficient (Wildman–Crippen LogP) is 0.927. The maximum atomic E-state index is 13.7. The summed E-state index contributed by atoms with van der Waals surface area (Å²) in [5.74, 6) is 0.947. The van der Waals surface area contributed by atoms with Crippen LogP contribution in [0, 0.1) is 5.82 Å². The van der Waals surface area contributed by atoms with Gasteiger partial charge in [0.25, 0.3) is 5.56 Å². The summed E-state index contributed by atoms with van der Waals surface area (Å²) < 4.78 is 26.3. The van der Waals surface area contributed by atoms with Gasteiger partial charge in [0.15, 0.2) is 11.5 Å². The van der Waals surface area contributed by atoms with E-state index in [2.05, 4.69) is 20.2 Å². The zero-order valence-corrected chi connectivity index (χ0v) is 18.1. The molecule has 3 aromatic rings. The molecule has 33 heavy (non-hydrogen) atoms. The second kappa shape index (κ2) is 9.42. The van der Waals surface area contributed by atoms with Crippen LogP contribution in [0.1, 0.15) is 12.1 Å². The first-order valence-corrected chi connectivity index (χ1v) is 11.1. The number of aliphatic hydroxyl groups is 1. The molecule has 174 valence electrons. The molecule has 1 saturated heterocycles. The first-order chi connectivity index (χ1) is 16.1. The summed E-state index contributed by atoms with van der Waals surface area (Å²) in [5.41, 5.74) is 1.61. The number of ether oxygens (including phenoxy) is 2. The Morgan fingerprint density at radius 1 is 1.12 bits per heavy atom. The average Bonchev–Trinajstić information content (AvgIpc) is 2.82. The van der Waals surface area contributed by atoms with Crippen LogP contribution in [0.2, 0.25) is 0 Å². The molecule has 2 aliphatic rings. The summed E-state index contributed by atoms with van der Waals surface area (Å²) >= 11 is 0. The molecule has 2 unspecified atom stereocenters. The fourth-order valence-corrected chi connectivity index (χ4v) is 4.37. The van der Waals surface area contributed by atoms with E-state index in [4.69, 9.17) is 9.47 Å². The van der Waals surface area contributed by atoms with Gasteiger partial charge in [0.1, 0.15) is 19.0 Å². The van der Waals surface area contributed by atoms with E-state index in [0.717, 1.165) is 18.7 Å². The minimum Gasteiger partial charge on any atom is -0.486 e. The number of piperidine rings is 1. The molecule has 2 N–H and O–H groups in total. The Morgan fingerprint density at radius 3 is 2.82 bits per heavy atom. The van der Waals surface area contributed by atoms with Crippen LogP contribution in [-0.2, 0) is 13.1 Å². The molecule has 1 fully saturated rings. The molecule has 1 aromatic carbocycles. The highest BCUT2D eigenvalue weighted by Gasteiger charge is 2.27. The van der Waals surface area contributed by atoms with Crippen molar-refractivity contribution in [1.29, 1.82) is 0 Å². The van der Waals surface area contributed by atoms with Gasteiger partial charge in [-0.05, 0) is 31.2 Å². The van der Waals surface area contributed by atoms with Crippen molar-refractivity contribution in [1.82, 2.24) is 24.8 Å². The molecule has 2 aromatic heterocycles. The van der Waals surface area contributed by atoms with Gasteiger partial charge < -0.3 is 24.5 Å². The van der Waals surface area contributed by atoms with Crippen LogP contribution in [0.15, 0.2) is 41.5 Å². The fourth-order valence-electron chi connectivity index (χ4n) is 4.37. The number of halogens is 1. The van der Waals surface area contributed by atoms with E-state index in [1.54, 1.807) is 12.3 Å². The summed E-state index contributed by atoms with van der Waals surface area (Å²) in [7, 11) is 0. The maximum Gasteiger partial charge on any atom is 0.269 e. The largest absolute Gasteiger partial charge is 0.486 e. The van der Waals surface area contributed by atoms with E-state index in [9.17, 15) is 14.3 Å². The number of pyridine rings is 1. The zero-order chi connectivity index (χ0) is 22.8. The van der Waals surface area contributed by atoms with Gasteiger partial charge in [-0.15, -0.1) is 0 Å². The minimum atomic E-state index is -0.556. The maximum absolute atomic E-state index is 13.7. The third kappa shape index (κ3) is 4.82. The number of β-amino-alcohol motifs (C(OH)–C–C–N with tert-alkyl or cyclic N) is 1. The highest BCUT2D eigenvalue weighted by Crippen LogP contribution is 2.29. The monoisotopic (exact) mass is 455 g/mol. The summed E-state index contributed by atoms with van der Waals surface area (Å²) in [6.45, 7) is 3.80. The number of benzene rings is 1. The van der Waals surface area contributed by atoms with E-state index in [-0.39, 0.29) is 11.6 Å². The standard InChI is InChI=1S/C23H26FN5O4/c24-15-1-2-17-19(9-15)29(23(31)13-27-17)6-5-28-4-3-18(20(30)14-28)26-11-16-10-21-22(12-25-16)33-8-7-32-21/h1-2,9-10,12-13,18,20,26,30H,3-8,11,14H2. The molecule has 0 aliphatic carbocycles. The van der Waals surface area contributed by atoms with Gasteiger partial charge in [-0.25, -0.2) is 9.37 Å². The summed E-state index contributed by atoms with van der Waals surface area (Å²) in [5, 5.41) is 14.1. The number of fused-ring (bicyclic) bond motifs is 2. The summed E-state index contributed by atoms with van der Waals surface area (Å²) in [6.07, 6.45) is 3.13. The first-order valence-electron chi connectivity index (χ1n) is 11.1. The molecule has 5 rings (SSSR count). The quantitative estimate of drug-likeness (QED) is 0.566. The van der Waals surface area contributed by atoms with Crippen molar-refractivity contribution in [3.8, 4) is 11.5 Å². The van der Waals surface area contributed by atoms with Crippen molar-refractivity contribution in [2.24, 2.45) is 0 Å². The molecule has 0 spiro atoms. The Morgan fingerprint density at radius 2 is 1.97 bits per heavy atom. The number of aliphatic hydroxyl groups excluding tert-OH is 1. The average molecular weight is 455 g/mol. The molecule has 10 heteroatoms. The molecule has 2 aliphatic heterocycles. The lowest BCUT2D eigenvalue weighted by Crippen LogP contribution is -2.53. The van der Waals surface area contributed by atoms with Gasteiger partial charge in [0.2, 0.25) is 0 Å². The Kier molecular flexibility index (Phi) is 6.21. The van der Waals surface area contributed by atoms with Gasteiger partial charge in [-0.3, -0.25) is 14.7 Å². The Bertz CT molecular complexity index is 1200. The van der Waals surface area contributed by atoms with Crippen LogP contribution < -0.4 is 20.3 Å². The number of rotatable bonds is 6. The first kappa shape index (κ1) is 21.7. The number of hydrogen-bond donors (Lipinski definition) is 2. The van der Waals surface area contributed by atoms with Gasteiger partial charge >= 0.3 is 0 Å². The molecule has 0 bridgehead atoms. The van der Waals surface area contributed by atoms with Gasteiger partial charge in [0, 0.05) is 38.3 Å². The number of aromatic nitrogens is 3. The SMILES string of the molecule is O=c1cnc2ccc(F)cc2n1CCN1CCC(NCc2cc3c(cn2)OCCO3)C(O)C1. The van der Waals surface area contributed by atoms with Crippen molar-refractivity contribution < 1.29 is 19.0 Å². The topological polar surface area (TPSA) is 102 Å². The third-order valence-corrected chi connectivity index (χ3v) is 6.15. The Balaban J connectivity index is 1.16. The number of nitrogens with one attached hydrogen (secondary N) is 1. The number of hydrogen-bond acceptors (Lipinski definition) is 8. The summed E-state index contributed by atoms with van der Waals surface area (Å²) in [6, 6.07) is 6.04. The number of likely N-dealkylation sites (tertiary alicyclic amines) is 1. The molecule has 4 heterocycles. The fraction of sp³-hybridized carbons (Fsp3) is 0.435. The van der Waals surface area contributed by atoms with Crippen molar-refractivity contribution in [3.63, 3.8) is 0 Å². The van der Waals surface area contributed by atoms with Gasteiger partial charge in [-0.2, -0.15) is 0 Å². The smallest absolute Gasteiger partial charge is 0.269 e. The molecular weight excluding hydrogens is 429 g/mol. The second-order valence-corrected chi connectivity index (χ2v) is 8.34. The van der Waals surface area contributed by atoms with E-state index >= 15 is 0 Å². The van der Waals surface area contributed by atoms with Crippen LogP contribution in [0.25, 0.3) is 11.0 Å². The molecule has 0 amide bonds. The van der Waals surface area contributed by atoms with Crippen molar-refractivity contribution in [3.05, 3.63) is 58.5 Å². The second-order valence-electron chi connectivity index (χ2n) is 8.34. The van der Waals surface area contributed by atoms with Crippen molar-refractivity contribution in [2.45, 2.75) is 31.7 Å². The Labute approximate surface area is 189 Å². The Hall–Kier alpha value is -3.08. The van der Waals surface area contributed by atoms with Crippen LogP contribution in [0.3, 0.4) is 0 Å². The highest BCUT2D eigenvalue weighted by molar-refractivity contribution is 5.74. The summed E-state index contributed by atoms with van der Waals surface area (Å²) in [4.78, 5) is 22.9. The molecular formula is C23H26FN5O4. The predicted molar refractivity (Wildman–Crippen MR) is 119 cm³/mol. The van der Waals surface area contributed by atoms with Gasteiger partial charge in [-0.1, -0.05) is 0 Å². The lowest BCUT2D eigenvalue weighted by molar-refractivity contribution is 0.0384.